The number of hydrogen-bond donors (Lipinski definition) is 0. The molecule has 0 aliphatic carbocycles. The van der Waals surface area contributed by atoms with Crippen molar-refractivity contribution in [2.24, 2.45) is 0 Å². The number of benzene rings is 2. The first-order valence-electron chi connectivity index (χ1n) is 4.73. The Kier molecular flexibility index (Phi) is 2.77. The van der Waals surface area contributed by atoms with Crippen LogP contribution in [0.1, 0.15) is 11.1 Å². The molecule has 0 atom stereocenters. The molecule has 0 nitrogen and oxygen atoms in total. The lowest BCUT2D eigenvalue weighted by Crippen LogP contribution is -1.89. The molecule has 0 aliphatic rings. The predicted molar refractivity (Wildman–Crippen MR) is 55.6 cm³/mol. The first-order chi connectivity index (χ1) is 7.24. The molecule has 0 saturated carbocycles. The molecule has 0 bridgehead atoms. The van der Waals surface area contributed by atoms with Crippen LogP contribution < -0.4 is 0 Å². The van der Waals surface area contributed by atoms with Gasteiger partial charge in [-0.25, -0.2) is 8.78 Å². The van der Waals surface area contributed by atoms with E-state index in [0.717, 1.165) is 11.1 Å². The van der Waals surface area contributed by atoms with E-state index in [1.807, 2.05) is 12.1 Å². The van der Waals surface area contributed by atoms with Gasteiger partial charge in [0.15, 0.2) is 0 Å². The molecule has 2 rings (SSSR count). The van der Waals surface area contributed by atoms with Crippen molar-refractivity contribution in [2.75, 3.05) is 0 Å². The van der Waals surface area contributed by atoms with E-state index in [9.17, 15) is 8.78 Å². The summed E-state index contributed by atoms with van der Waals surface area (Å²) in [4.78, 5) is 0. The Bertz CT molecular complexity index is 420. The summed E-state index contributed by atoms with van der Waals surface area (Å²) in [7, 11) is 0. The van der Waals surface area contributed by atoms with Gasteiger partial charge in [-0.05, 0) is 41.8 Å². The summed E-state index contributed by atoms with van der Waals surface area (Å²) in [5.74, 6) is -0.521. The third kappa shape index (κ3) is 2.62. The van der Waals surface area contributed by atoms with Crippen LogP contribution in [0.5, 0.6) is 0 Å². The SMILES string of the molecule is Fc1cccc(Cc2cccc(F)c2)c1. The van der Waals surface area contributed by atoms with E-state index < -0.39 is 0 Å². The van der Waals surface area contributed by atoms with E-state index in [1.54, 1.807) is 12.1 Å². The largest absolute Gasteiger partial charge is 0.207 e. The zero-order chi connectivity index (χ0) is 10.7. The van der Waals surface area contributed by atoms with Gasteiger partial charge in [-0.1, -0.05) is 24.3 Å². The minimum absolute atomic E-state index is 0.260. The Morgan fingerprint density at radius 3 is 1.60 bits per heavy atom. The standard InChI is InChI=1S/C13H10F2/c14-12-5-1-3-10(8-12)7-11-4-2-6-13(15)9-11/h1-6,8-9H,7H2. The second-order valence-electron chi connectivity index (χ2n) is 3.44. The van der Waals surface area contributed by atoms with Crippen molar-refractivity contribution in [3.05, 3.63) is 71.3 Å². The summed E-state index contributed by atoms with van der Waals surface area (Å²) in [6.07, 6.45) is 0.551. The van der Waals surface area contributed by atoms with E-state index in [0.29, 0.717) is 6.42 Å². The molecule has 2 heteroatoms. The van der Waals surface area contributed by atoms with Crippen molar-refractivity contribution in [2.45, 2.75) is 6.42 Å². The van der Waals surface area contributed by atoms with Crippen LogP contribution in [-0.4, -0.2) is 0 Å². The number of hydrogen-bond acceptors (Lipinski definition) is 0. The molecule has 0 heterocycles. The highest BCUT2D eigenvalue weighted by molar-refractivity contribution is 5.26. The van der Waals surface area contributed by atoms with Crippen LogP contribution in [0.25, 0.3) is 0 Å². The lowest BCUT2D eigenvalue weighted by Gasteiger charge is -2.01. The van der Waals surface area contributed by atoms with Crippen molar-refractivity contribution in [3.8, 4) is 0 Å². The molecule has 0 aromatic heterocycles. The van der Waals surface area contributed by atoms with Crippen LogP contribution in [0.2, 0.25) is 0 Å². The van der Waals surface area contributed by atoms with Crippen molar-refractivity contribution in [1.29, 1.82) is 0 Å². The third-order valence-electron chi connectivity index (χ3n) is 2.19. The molecular weight excluding hydrogens is 194 g/mol. The van der Waals surface area contributed by atoms with Crippen LogP contribution >= 0.6 is 0 Å². The molecule has 0 N–H and O–H groups in total. The molecule has 0 amide bonds. The molecule has 0 radical (unpaired) electrons. The lowest BCUT2D eigenvalue weighted by atomic mass is 10.1. The molecule has 0 aliphatic heterocycles. The molecule has 0 fully saturated rings. The topological polar surface area (TPSA) is 0 Å². The summed E-state index contributed by atoms with van der Waals surface area (Å²) in [6, 6.07) is 12.7. The normalized spacial score (nSPS) is 10.3. The van der Waals surface area contributed by atoms with Gasteiger partial charge in [-0.2, -0.15) is 0 Å². The Hall–Kier alpha value is -1.70. The fourth-order valence-corrected chi connectivity index (χ4v) is 1.53. The van der Waals surface area contributed by atoms with Crippen LogP contribution in [0.15, 0.2) is 48.5 Å². The summed E-state index contributed by atoms with van der Waals surface area (Å²) in [6.45, 7) is 0. The van der Waals surface area contributed by atoms with Gasteiger partial charge < -0.3 is 0 Å². The van der Waals surface area contributed by atoms with Gasteiger partial charge in [0, 0.05) is 0 Å². The fraction of sp³-hybridized carbons (Fsp3) is 0.0769. The van der Waals surface area contributed by atoms with E-state index in [-0.39, 0.29) is 11.6 Å². The van der Waals surface area contributed by atoms with Crippen molar-refractivity contribution in [1.82, 2.24) is 0 Å². The minimum atomic E-state index is -0.260. The van der Waals surface area contributed by atoms with Gasteiger partial charge in [-0.15, -0.1) is 0 Å². The molecule has 0 unspecified atom stereocenters. The van der Waals surface area contributed by atoms with Crippen molar-refractivity contribution >= 4 is 0 Å². The highest BCUT2D eigenvalue weighted by Crippen LogP contribution is 2.11. The average molecular weight is 204 g/mol. The van der Waals surface area contributed by atoms with Crippen molar-refractivity contribution < 1.29 is 8.78 Å². The van der Waals surface area contributed by atoms with Gasteiger partial charge in [-0.3, -0.25) is 0 Å². The maximum atomic E-state index is 12.9. The van der Waals surface area contributed by atoms with E-state index in [1.165, 1.54) is 24.3 Å². The molecule has 76 valence electrons. The maximum absolute atomic E-state index is 12.9. The minimum Gasteiger partial charge on any atom is -0.207 e. The Labute approximate surface area is 87.2 Å². The van der Waals surface area contributed by atoms with E-state index in [4.69, 9.17) is 0 Å². The second-order valence-corrected chi connectivity index (χ2v) is 3.44. The molecular formula is C13H10F2. The van der Waals surface area contributed by atoms with Gasteiger partial charge >= 0.3 is 0 Å². The highest BCUT2D eigenvalue weighted by Gasteiger charge is 1.98. The number of halogens is 2. The lowest BCUT2D eigenvalue weighted by molar-refractivity contribution is 0.624. The quantitative estimate of drug-likeness (QED) is 0.701. The Morgan fingerprint density at radius 2 is 1.20 bits per heavy atom. The third-order valence-corrected chi connectivity index (χ3v) is 2.19. The monoisotopic (exact) mass is 204 g/mol. The first kappa shape index (κ1) is 9.84. The number of rotatable bonds is 2. The van der Waals surface area contributed by atoms with E-state index in [2.05, 4.69) is 0 Å². The highest BCUT2D eigenvalue weighted by atomic mass is 19.1. The van der Waals surface area contributed by atoms with Gasteiger partial charge in [0.05, 0.1) is 0 Å². The summed E-state index contributed by atoms with van der Waals surface area (Å²) < 4.78 is 25.8. The Balaban J connectivity index is 2.22. The first-order valence-corrected chi connectivity index (χ1v) is 4.73. The van der Waals surface area contributed by atoms with Crippen LogP contribution in [0, 0.1) is 11.6 Å². The zero-order valence-corrected chi connectivity index (χ0v) is 8.08. The van der Waals surface area contributed by atoms with Crippen LogP contribution in [-0.2, 0) is 6.42 Å². The molecule has 2 aromatic carbocycles. The van der Waals surface area contributed by atoms with E-state index >= 15 is 0 Å². The molecule has 15 heavy (non-hydrogen) atoms. The summed E-state index contributed by atoms with van der Waals surface area (Å²) >= 11 is 0. The van der Waals surface area contributed by atoms with Gasteiger partial charge in [0.2, 0.25) is 0 Å². The molecule has 0 saturated heterocycles. The Morgan fingerprint density at radius 1 is 0.733 bits per heavy atom. The predicted octanol–water partition coefficient (Wildman–Crippen LogP) is 3.56. The zero-order valence-electron chi connectivity index (χ0n) is 8.08. The molecule has 2 aromatic rings. The fourth-order valence-electron chi connectivity index (χ4n) is 1.53. The maximum Gasteiger partial charge on any atom is 0.123 e. The summed E-state index contributed by atoms with van der Waals surface area (Å²) in [5.41, 5.74) is 1.70. The van der Waals surface area contributed by atoms with Gasteiger partial charge in [0.25, 0.3) is 0 Å². The smallest absolute Gasteiger partial charge is 0.123 e. The molecule has 0 spiro atoms. The van der Waals surface area contributed by atoms with Crippen LogP contribution in [0.3, 0.4) is 0 Å². The summed E-state index contributed by atoms with van der Waals surface area (Å²) in [5, 5.41) is 0. The van der Waals surface area contributed by atoms with Crippen molar-refractivity contribution in [3.63, 3.8) is 0 Å². The van der Waals surface area contributed by atoms with Gasteiger partial charge in [0.1, 0.15) is 11.6 Å². The second kappa shape index (κ2) is 4.22. The van der Waals surface area contributed by atoms with Crippen LogP contribution in [0.4, 0.5) is 8.78 Å². The average Bonchev–Trinajstić information content (AvgIpc) is 2.17.